The number of hydrogen-bond acceptors (Lipinski definition) is 1. The lowest BCUT2D eigenvalue weighted by molar-refractivity contribution is 0.157. The summed E-state index contributed by atoms with van der Waals surface area (Å²) in [6, 6.07) is 4.63. The van der Waals surface area contributed by atoms with Crippen molar-refractivity contribution in [1.82, 2.24) is 0 Å². The monoisotopic (exact) mass is 192 g/mol. The van der Waals surface area contributed by atoms with Crippen molar-refractivity contribution in [2.45, 2.75) is 25.9 Å². The van der Waals surface area contributed by atoms with Crippen LogP contribution in [0.2, 0.25) is 0 Å². The first kappa shape index (κ1) is 9.25. The number of benzene rings is 1. The van der Waals surface area contributed by atoms with Gasteiger partial charge in [0, 0.05) is 12.0 Å². The van der Waals surface area contributed by atoms with Crippen molar-refractivity contribution in [3.05, 3.63) is 41.7 Å². The van der Waals surface area contributed by atoms with Crippen LogP contribution in [0.3, 0.4) is 0 Å². The molecule has 0 spiro atoms. The number of fused-ring (bicyclic) bond motifs is 1. The topological polar surface area (TPSA) is 9.23 Å². The van der Waals surface area contributed by atoms with Crippen LogP contribution in [0.25, 0.3) is 0 Å². The molecule has 2 rings (SSSR count). The molecule has 74 valence electrons. The molecule has 1 atom stereocenters. The van der Waals surface area contributed by atoms with Gasteiger partial charge in [-0.05, 0) is 37.6 Å². The van der Waals surface area contributed by atoms with Crippen molar-refractivity contribution in [2.24, 2.45) is 0 Å². The lowest BCUT2D eigenvalue weighted by atomic mass is 9.93. The SMILES string of the molecule is C=C(C)[C@]1(C)Cc2cc(F)ccc2O1. The highest BCUT2D eigenvalue weighted by Crippen LogP contribution is 2.38. The maximum Gasteiger partial charge on any atom is 0.131 e. The van der Waals surface area contributed by atoms with Gasteiger partial charge in [0.1, 0.15) is 17.2 Å². The Hall–Kier alpha value is -1.31. The molecule has 1 aromatic carbocycles. The molecule has 0 amide bonds. The maximum atomic E-state index is 12.9. The van der Waals surface area contributed by atoms with E-state index in [2.05, 4.69) is 6.58 Å². The highest BCUT2D eigenvalue weighted by atomic mass is 19.1. The summed E-state index contributed by atoms with van der Waals surface area (Å²) in [5, 5.41) is 0. The van der Waals surface area contributed by atoms with Gasteiger partial charge in [-0.15, -0.1) is 0 Å². The lowest BCUT2D eigenvalue weighted by Gasteiger charge is -2.23. The Labute approximate surface area is 83.2 Å². The van der Waals surface area contributed by atoms with Gasteiger partial charge < -0.3 is 4.74 Å². The van der Waals surface area contributed by atoms with Gasteiger partial charge >= 0.3 is 0 Å². The molecule has 0 saturated carbocycles. The maximum absolute atomic E-state index is 12.9. The fourth-order valence-corrected chi connectivity index (χ4v) is 1.67. The summed E-state index contributed by atoms with van der Waals surface area (Å²) in [5.41, 5.74) is 1.53. The van der Waals surface area contributed by atoms with Gasteiger partial charge in [-0.3, -0.25) is 0 Å². The Morgan fingerprint density at radius 3 is 2.93 bits per heavy atom. The summed E-state index contributed by atoms with van der Waals surface area (Å²) < 4.78 is 18.7. The average molecular weight is 192 g/mol. The van der Waals surface area contributed by atoms with Crippen molar-refractivity contribution in [2.75, 3.05) is 0 Å². The third kappa shape index (κ3) is 1.31. The van der Waals surface area contributed by atoms with Crippen LogP contribution >= 0.6 is 0 Å². The molecule has 0 aliphatic carbocycles. The minimum Gasteiger partial charge on any atom is -0.483 e. The molecule has 0 radical (unpaired) electrons. The summed E-state index contributed by atoms with van der Waals surface area (Å²) >= 11 is 0. The fraction of sp³-hybridized carbons (Fsp3) is 0.333. The quantitative estimate of drug-likeness (QED) is 0.621. The minimum absolute atomic E-state index is 0.210. The van der Waals surface area contributed by atoms with Gasteiger partial charge in [0.2, 0.25) is 0 Å². The van der Waals surface area contributed by atoms with Crippen molar-refractivity contribution in [1.29, 1.82) is 0 Å². The molecule has 0 saturated heterocycles. The fourth-order valence-electron chi connectivity index (χ4n) is 1.67. The Morgan fingerprint density at radius 1 is 1.57 bits per heavy atom. The van der Waals surface area contributed by atoms with E-state index < -0.39 is 0 Å². The molecule has 14 heavy (non-hydrogen) atoms. The zero-order valence-corrected chi connectivity index (χ0v) is 8.43. The van der Waals surface area contributed by atoms with E-state index >= 15 is 0 Å². The van der Waals surface area contributed by atoms with E-state index in [1.165, 1.54) is 12.1 Å². The van der Waals surface area contributed by atoms with Crippen LogP contribution in [0.15, 0.2) is 30.4 Å². The molecule has 1 aliphatic rings. The number of halogens is 1. The van der Waals surface area contributed by atoms with Crippen molar-refractivity contribution in [3.8, 4) is 5.75 Å². The van der Waals surface area contributed by atoms with Crippen LogP contribution in [-0.4, -0.2) is 5.60 Å². The molecular formula is C12H13FO. The summed E-state index contributed by atoms with van der Waals surface area (Å²) in [5.74, 6) is 0.565. The largest absolute Gasteiger partial charge is 0.483 e. The van der Waals surface area contributed by atoms with Crippen LogP contribution in [0.5, 0.6) is 5.75 Å². The highest BCUT2D eigenvalue weighted by Gasteiger charge is 2.35. The highest BCUT2D eigenvalue weighted by molar-refractivity contribution is 5.42. The third-order valence-electron chi connectivity index (χ3n) is 2.79. The summed E-state index contributed by atoms with van der Waals surface area (Å²) in [6.07, 6.45) is 0.704. The molecule has 0 aromatic heterocycles. The van der Waals surface area contributed by atoms with Gasteiger partial charge in [0.25, 0.3) is 0 Å². The molecule has 0 bridgehead atoms. The van der Waals surface area contributed by atoms with Gasteiger partial charge in [0.05, 0.1) is 0 Å². The van der Waals surface area contributed by atoms with E-state index in [9.17, 15) is 4.39 Å². The average Bonchev–Trinajstić information content (AvgIpc) is 2.42. The van der Waals surface area contributed by atoms with Crippen molar-refractivity contribution >= 4 is 0 Å². The zero-order valence-electron chi connectivity index (χ0n) is 8.43. The summed E-state index contributed by atoms with van der Waals surface area (Å²) in [6.45, 7) is 7.81. The summed E-state index contributed by atoms with van der Waals surface area (Å²) in [4.78, 5) is 0. The Morgan fingerprint density at radius 2 is 2.29 bits per heavy atom. The first-order chi connectivity index (χ1) is 6.51. The molecule has 1 nitrogen and oxygen atoms in total. The molecule has 1 aromatic rings. The van der Waals surface area contributed by atoms with Crippen LogP contribution in [0.4, 0.5) is 4.39 Å². The second-order valence-electron chi connectivity index (χ2n) is 4.04. The van der Waals surface area contributed by atoms with E-state index in [4.69, 9.17) is 4.74 Å². The van der Waals surface area contributed by atoms with Crippen molar-refractivity contribution < 1.29 is 9.13 Å². The predicted molar refractivity (Wildman–Crippen MR) is 54.0 cm³/mol. The number of hydrogen-bond donors (Lipinski definition) is 0. The number of ether oxygens (including phenoxy) is 1. The Kier molecular flexibility index (Phi) is 1.88. The summed E-state index contributed by atoms with van der Waals surface area (Å²) in [7, 11) is 0. The van der Waals surface area contributed by atoms with E-state index in [1.807, 2.05) is 13.8 Å². The van der Waals surface area contributed by atoms with Gasteiger partial charge in [0.15, 0.2) is 0 Å². The van der Waals surface area contributed by atoms with E-state index in [0.717, 1.165) is 16.9 Å². The molecule has 0 fully saturated rings. The molecule has 1 heterocycles. The third-order valence-corrected chi connectivity index (χ3v) is 2.79. The van der Waals surface area contributed by atoms with Gasteiger partial charge in [-0.25, -0.2) is 4.39 Å². The first-order valence-electron chi connectivity index (χ1n) is 4.65. The van der Waals surface area contributed by atoms with E-state index in [0.29, 0.717) is 6.42 Å². The van der Waals surface area contributed by atoms with Gasteiger partial charge in [-0.1, -0.05) is 6.58 Å². The van der Waals surface area contributed by atoms with Crippen LogP contribution in [0, 0.1) is 5.82 Å². The van der Waals surface area contributed by atoms with E-state index in [-0.39, 0.29) is 11.4 Å². The Bertz CT molecular complexity index is 397. The smallest absolute Gasteiger partial charge is 0.131 e. The molecule has 0 unspecified atom stereocenters. The molecular weight excluding hydrogens is 179 g/mol. The van der Waals surface area contributed by atoms with E-state index in [1.54, 1.807) is 6.07 Å². The van der Waals surface area contributed by atoms with Gasteiger partial charge in [-0.2, -0.15) is 0 Å². The lowest BCUT2D eigenvalue weighted by Crippen LogP contribution is -2.30. The van der Waals surface area contributed by atoms with Crippen LogP contribution < -0.4 is 4.74 Å². The molecule has 0 N–H and O–H groups in total. The second kappa shape index (κ2) is 2.84. The first-order valence-corrected chi connectivity index (χ1v) is 4.65. The van der Waals surface area contributed by atoms with Crippen molar-refractivity contribution in [3.63, 3.8) is 0 Å². The predicted octanol–water partition coefficient (Wildman–Crippen LogP) is 3.10. The number of rotatable bonds is 1. The zero-order chi connectivity index (χ0) is 10.3. The second-order valence-corrected chi connectivity index (χ2v) is 4.04. The van der Waals surface area contributed by atoms with Crippen LogP contribution in [-0.2, 0) is 6.42 Å². The van der Waals surface area contributed by atoms with Crippen LogP contribution in [0.1, 0.15) is 19.4 Å². The molecule has 1 aliphatic heterocycles. The minimum atomic E-state index is -0.365. The Balaban J connectivity index is 2.39. The standard InChI is InChI=1S/C12H13FO/c1-8(2)12(3)7-9-6-10(13)4-5-11(9)14-12/h4-6H,1,7H2,2-3H3/t12-/m0/s1. The molecule has 2 heteroatoms. The normalized spacial score (nSPS) is 24.2.